The number of benzene rings is 2. The second-order valence-corrected chi connectivity index (χ2v) is 6.27. The quantitative estimate of drug-likeness (QED) is 0.659. The van der Waals surface area contributed by atoms with Crippen LogP contribution >= 0.6 is 0 Å². The van der Waals surface area contributed by atoms with Gasteiger partial charge in [-0.2, -0.15) is 4.57 Å². The molecule has 3 aromatic rings. The lowest BCUT2D eigenvalue weighted by atomic mass is 9.95. The molecule has 2 aliphatic rings. The summed E-state index contributed by atoms with van der Waals surface area (Å²) in [4.78, 5) is 0. The molecule has 2 aromatic carbocycles. The molecule has 5 rings (SSSR count). The van der Waals surface area contributed by atoms with Crippen molar-refractivity contribution in [2.45, 2.75) is 20.4 Å². The van der Waals surface area contributed by atoms with Gasteiger partial charge in [-0.25, -0.2) is 0 Å². The van der Waals surface area contributed by atoms with Gasteiger partial charge in [0, 0.05) is 12.5 Å². The van der Waals surface area contributed by atoms with Gasteiger partial charge < -0.3 is 18.9 Å². The molecule has 5 heteroatoms. The number of aromatic nitrogens is 1. The predicted octanol–water partition coefficient (Wildman–Crippen LogP) is 3.73. The summed E-state index contributed by atoms with van der Waals surface area (Å²) < 4.78 is 24.4. The van der Waals surface area contributed by atoms with Gasteiger partial charge in [-0.05, 0) is 35.2 Å². The van der Waals surface area contributed by atoms with E-state index in [-0.39, 0.29) is 7.43 Å². The van der Waals surface area contributed by atoms with E-state index < -0.39 is 0 Å². The van der Waals surface area contributed by atoms with Crippen LogP contribution in [0.5, 0.6) is 23.0 Å². The summed E-state index contributed by atoms with van der Waals surface area (Å²) in [6, 6.07) is 10.4. The number of rotatable bonds is 2. The van der Waals surface area contributed by atoms with E-state index in [0.717, 1.165) is 46.7 Å². The van der Waals surface area contributed by atoms with Crippen molar-refractivity contribution in [1.82, 2.24) is 0 Å². The Morgan fingerprint density at radius 1 is 1.00 bits per heavy atom. The van der Waals surface area contributed by atoms with E-state index in [1.807, 2.05) is 6.07 Å². The van der Waals surface area contributed by atoms with E-state index in [2.05, 4.69) is 35.0 Å². The summed E-state index contributed by atoms with van der Waals surface area (Å²) in [5, 5.41) is 2.17. The summed E-state index contributed by atoms with van der Waals surface area (Å²) in [7, 11) is 3.34. The molecular weight excluding hydrogens is 330 g/mol. The largest absolute Gasteiger partial charge is 0.493 e. The topological polar surface area (TPSA) is 40.8 Å². The van der Waals surface area contributed by atoms with Crippen LogP contribution in [0, 0.1) is 0 Å². The van der Waals surface area contributed by atoms with Crippen molar-refractivity contribution < 1.29 is 23.5 Å². The van der Waals surface area contributed by atoms with Crippen molar-refractivity contribution in [2.75, 3.05) is 21.0 Å². The molecule has 5 nitrogen and oxygen atoms in total. The van der Waals surface area contributed by atoms with E-state index in [1.54, 1.807) is 14.2 Å². The fourth-order valence-electron chi connectivity index (χ4n) is 3.77. The molecular formula is C21H22NO4+. The maximum Gasteiger partial charge on any atom is 0.231 e. The molecule has 0 atom stereocenters. The van der Waals surface area contributed by atoms with Crippen LogP contribution in [0.25, 0.3) is 22.0 Å². The van der Waals surface area contributed by atoms with Crippen molar-refractivity contribution in [2.24, 2.45) is 0 Å². The number of ether oxygens (including phenoxy) is 4. The molecule has 0 amide bonds. The molecule has 2 aliphatic heterocycles. The smallest absolute Gasteiger partial charge is 0.231 e. The molecule has 3 heterocycles. The lowest BCUT2D eigenvalue weighted by molar-refractivity contribution is -0.686. The molecule has 0 unspecified atom stereocenters. The number of aryl methyl sites for hydroxylation is 2. The zero-order valence-electron chi connectivity index (χ0n) is 14.2. The van der Waals surface area contributed by atoms with Gasteiger partial charge in [0.05, 0.1) is 25.2 Å². The minimum atomic E-state index is 0. The molecule has 0 spiro atoms. The van der Waals surface area contributed by atoms with Crippen molar-refractivity contribution in [3.8, 4) is 34.3 Å². The Labute approximate surface area is 152 Å². The van der Waals surface area contributed by atoms with Crippen molar-refractivity contribution in [3.63, 3.8) is 0 Å². The third-order valence-corrected chi connectivity index (χ3v) is 5.00. The molecule has 0 aliphatic carbocycles. The molecule has 0 saturated carbocycles. The highest BCUT2D eigenvalue weighted by Crippen LogP contribution is 2.41. The van der Waals surface area contributed by atoms with Gasteiger partial charge in [0.15, 0.2) is 35.7 Å². The van der Waals surface area contributed by atoms with E-state index in [9.17, 15) is 0 Å². The predicted molar refractivity (Wildman–Crippen MR) is 99.2 cm³/mol. The standard InChI is InChI=1S/C20H18NO4.CH4/c1-22-17-4-3-12-7-16-14-9-19-18(24-11-25-19)8-13(14)5-6-21(16)10-15(12)20(17)23-2;/h3-4,7-10H,5-6,11H2,1-2H3;1H4/q+1;. The molecule has 0 fully saturated rings. The highest BCUT2D eigenvalue weighted by atomic mass is 16.7. The number of pyridine rings is 1. The van der Waals surface area contributed by atoms with Gasteiger partial charge in [0.25, 0.3) is 0 Å². The molecule has 26 heavy (non-hydrogen) atoms. The first kappa shape index (κ1) is 16.5. The summed E-state index contributed by atoms with van der Waals surface area (Å²) in [5.74, 6) is 3.18. The van der Waals surface area contributed by atoms with Crippen LogP contribution in [0.1, 0.15) is 13.0 Å². The van der Waals surface area contributed by atoms with E-state index >= 15 is 0 Å². The van der Waals surface area contributed by atoms with Gasteiger partial charge in [-0.15, -0.1) is 0 Å². The summed E-state index contributed by atoms with van der Waals surface area (Å²) >= 11 is 0. The van der Waals surface area contributed by atoms with Gasteiger partial charge in [0.2, 0.25) is 12.5 Å². The maximum absolute atomic E-state index is 5.60. The zero-order chi connectivity index (χ0) is 17.0. The molecule has 134 valence electrons. The summed E-state index contributed by atoms with van der Waals surface area (Å²) in [6.45, 7) is 1.21. The zero-order valence-corrected chi connectivity index (χ0v) is 14.2. The second kappa shape index (κ2) is 6.09. The van der Waals surface area contributed by atoms with E-state index in [1.165, 1.54) is 16.8 Å². The fraction of sp³-hybridized carbons (Fsp3) is 0.286. The third-order valence-electron chi connectivity index (χ3n) is 5.00. The first-order valence-electron chi connectivity index (χ1n) is 8.29. The second-order valence-electron chi connectivity index (χ2n) is 6.27. The average Bonchev–Trinajstić information content (AvgIpc) is 3.11. The summed E-state index contributed by atoms with van der Waals surface area (Å²) in [6.07, 6.45) is 3.11. The SMILES string of the molecule is C.COc1ccc2cc3[n+](cc2c1OC)CCc1cc2c(cc1-3)OCO2. The van der Waals surface area contributed by atoms with E-state index in [4.69, 9.17) is 18.9 Å². The Hall–Kier alpha value is -2.95. The van der Waals surface area contributed by atoms with Gasteiger partial charge >= 0.3 is 0 Å². The monoisotopic (exact) mass is 352 g/mol. The van der Waals surface area contributed by atoms with Crippen molar-refractivity contribution in [1.29, 1.82) is 0 Å². The first-order valence-corrected chi connectivity index (χ1v) is 8.29. The lowest BCUT2D eigenvalue weighted by Gasteiger charge is -2.17. The van der Waals surface area contributed by atoms with Crippen LogP contribution in [0.15, 0.2) is 36.5 Å². The van der Waals surface area contributed by atoms with Crippen LogP contribution in [0.4, 0.5) is 0 Å². The summed E-state index contributed by atoms with van der Waals surface area (Å²) in [5.41, 5.74) is 3.68. The van der Waals surface area contributed by atoms with Crippen molar-refractivity contribution >= 4 is 10.8 Å². The minimum absolute atomic E-state index is 0. The number of nitrogens with zero attached hydrogens (tertiary/aromatic N) is 1. The van der Waals surface area contributed by atoms with Crippen LogP contribution in [-0.4, -0.2) is 21.0 Å². The van der Waals surface area contributed by atoms with Crippen LogP contribution in [-0.2, 0) is 13.0 Å². The van der Waals surface area contributed by atoms with E-state index in [0.29, 0.717) is 6.79 Å². The number of hydrogen-bond donors (Lipinski definition) is 0. The Kier molecular flexibility index (Phi) is 3.87. The molecule has 0 N–H and O–H groups in total. The van der Waals surface area contributed by atoms with Crippen molar-refractivity contribution in [3.05, 3.63) is 42.1 Å². The average molecular weight is 352 g/mol. The molecule has 0 bridgehead atoms. The minimum Gasteiger partial charge on any atom is -0.493 e. The van der Waals surface area contributed by atoms with Gasteiger partial charge in [-0.3, -0.25) is 0 Å². The third kappa shape index (κ3) is 2.27. The van der Waals surface area contributed by atoms with Crippen LogP contribution in [0.2, 0.25) is 0 Å². The molecule has 1 aromatic heterocycles. The van der Waals surface area contributed by atoms with Gasteiger partial charge in [0.1, 0.15) is 0 Å². The normalized spacial score (nSPS) is 13.6. The first-order chi connectivity index (χ1) is 12.3. The Morgan fingerprint density at radius 3 is 2.58 bits per heavy atom. The Morgan fingerprint density at radius 2 is 1.81 bits per heavy atom. The number of methoxy groups -OCH3 is 2. The molecule has 0 saturated heterocycles. The maximum atomic E-state index is 5.60. The van der Waals surface area contributed by atoms with Crippen LogP contribution < -0.4 is 23.5 Å². The Balaban J connectivity index is 0.00000168. The van der Waals surface area contributed by atoms with Crippen LogP contribution in [0.3, 0.4) is 0 Å². The number of fused-ring (bicyclic) bond motifs is 5. The van der Waals surface area contributed by atoms with Gasteiger partial charge in [-0.1, -0.05) is 7.43 Å². The fourth-order valence-corrected chi connectivity index (χ4v) is 3.77. The number of hydrogen-bond acceptors (Lipinski definition) is 4. The Bertz CT molecular complexity index is 1010. The lowest BCUT2D eigenvalue weighted by Crippen LogP contribution is -2.40. The molecule has 0 radical (unpaired) electrons. The highest BCUT2D eigenvalue weighted by molar-refractivity contribution is 5.91. The highest BCUT2D eigenvalue weighted by Gasteiger charge is 2.28.